The third-order valence-corrected chi connectivity index (χ3v) is 4.12. The molecule has 0 radical (unpaired) electrons. The van der Waals surface area contributed by atoms with E-state index in [2.05, 4.69) is 49.6 Å². The van der Waals surface area contributed by atoms with Crippen molar-refractivity contribution in [2.45, 2.75) is 19.5 Å². The van der Waals surface area contributed by atoms with Gasteiger partial charge in [-0.05, 0) is 35.0 Å². The van der Waals surface area contributed by atoms with Crippen LogP contribution in [0.15, 0.2) is 34.5 Å². The van der Waals surface area contributed by atoms with E-state index >= 15 is 0 Å². The zero-order valence-corrected chi connectivity index (χ0v) is 11.3. The maximum Gasteiger partial charge on any atom is 0.115 e. The predicted octanol–water partition coefficient (Wildman–Crippen LogP) is 3.15. The highest BCUT2D eigenvalue weighted by molar-refractivity contribution is 9.10. The number of rotatable bonds is 4. The molecule has 2 heterocycles. The molecular formula is C11H12BrN3S. The Kier molecular flexibility index (Phi) is 4.04. The van der Waals surface area contributed by atoms with Gasteiger partial charge in [-0.3, -0.25) is 0 Å². The van der Waals surface area contributed by atoms with E-state index in [0.29, 0.717) is 6.04 Å². The Morgan fingerprint density at radius 1 is 1.56 bits per heavy atom. The molecular weight excluding hydrogens is 286 g/mol. The van der Waals surface area contributed by atoms with Crippen molar-refractivity contribution in [2.75, 3.05) is 0 Å². The Hall–Kier alpha value is -0.780. The average molecular weight is 298 g/mol. The molecule has 0 aliphatic rings. The second-order valence-electron chi connectivity index (χ2n) is 3.47. The van der Waals surface area contributed by atoms with Crippen molar-refractivity contribution in [3.05, 3.63) is 45.1 Å². The largest absolute Gasteiger partial charge is 0.304 e. The smallest absolute Gasteiger partial charge is 0.115 e. The number of halogens is 1. The molecule has 2 rings (SSSR count). The number of nitrogens with one attached hydrogen (secondary N) is 1. The molecule has 0 amide bonds. The van der Waals surface area contributed by atoms with Crippen LogP contribution in [0.25, 0.3) is 0 Å². The number of hydrogen-bond donors (Lipinski definition) is 1. The Morgan fingerprint density at radius 3 is 3.06 bits per heavy atom. The SMILES string of the molecule is CC(NCc1ccncn1)c1cc(Br)cs1. The lowest BCUT2D eigenvalue weighted by Gasteiger charge is -2.11. The molecule has 84 valence electrons. The molecule has 0 spiro atoms. The van der Waals surface area contributed by atoms with Crippen molar-refractivity contribution >= 4 is 27.3 Å². The average Bonchev–Trinajstić information content (AvgIpc) is 2.74. The minimum atomic E-state index is 0.339. The maximum absolute atomic E-state index is 4.17. The Morgan fingerprint density at radius 2 is 2.44 bits per heavy atom. The maximum atomic E-state index is 4.17. The number of thiophene rings is 1. The molecule has 0 bridgehead atoms. The van der Waals surface area contributed by atoms with Gasteiger partial charge in [0, 0.05) is 33.5 Å². The van der Waals surface area contributed by atoms with E-state index < -0.39 is 0 Å². The number of nitrogens with zero attached hydrogens (tertiary/aromatic N) is 2. The molecule has 0 aliphatic carbocycles. The first-order valence-electron chi connectivity index (χ1n) is 4.98. The van der Waals surface area contributed by atoms with Crippen LogP contribution >= 0.6 is 27.3 Å². The Balaban J connectivity index is 1.91. The fourth-order valence-corrected chi connectivity index (χ4v) is 2.81. The van der Waals surface area contributed by atoms with Gasteiger partial charge < -0.3 is 5.32 Å². The Labute approximate surface area is 107 Å². The van der Waals surface area contributed by atoms with E-state index in [1.165, 1.54) is 4.88 Å². The van der Waals surface area contributed by atoms with Gasteiger partial charge in [-0.1, -0.05) is 0 Å². The predicted molar refractivity (Wildman–Crippen MR) is 69.3 cm³/mol. The molecule has 0 saturated carbocycles. The number of aromatic nitrogens is 2. The van der Waals surface area contributed by atoms with Crippen LogP contribution < -0.4 is 5.32 Å². The van der Waals surface area contributed by atoms with Gasteiger partial charge in [0.05, 0.1) is 5.69 Å². The van der Waals surface area contributed by atoms with Crippen LogP contribution in [0, 0.1) is 0 Å². The van der Waals surface area contributed by atoms with Crippen LogP contribution in [0.2, 0.25) is 0 Å². The van der Waals surface area contributed by atoms with E-state index in [1.54, 1.807) is 23.9 Å². The van der Waals surface area contributed by atoms with Gasteiger partial charge >= 0.3 is 0 Å². The zero-order chi connectivity index (χ0) is 11.4. The third-order valence-electron chi connectivity index (χ3n) is 2.25. The monoisotopic (exact) mass is 297 g/mol. The van der Waals surface area contributed by atoms with Gasteiger partial charge in [-0.25, -0.2) is 9.97 Å². The van der Waals surface area contributed by atoms with Crippen molar-refractivity contribution in [3.63, 3.8) is 0 Å². The fourth-order valence-electron chi connectivity index (χ4n) is 1.34. The van der Waals surface area contributed by atoms with E-state index in [-0.39, 0.29) is 0 Å². The third kappa shape index (κ3) is 3.10. The second-order valence-corrected chi connectivity index (χ2v) is 5.33. The summed E-state index contributed by atoms with van der Waals surface area (Å²) in [6.45, 7) is 2.92. The molecule has 1 unspecified atom stereocenters. The van der Waals surface area contributed by atoms with Crippen LogP contribution in [0.5, 0.6) is 0 Å². The lowest BCUT2D eigenvalue weighted by atomic mass is 10.2. The van der Waals surface area contributed by atoms with Gasteiger partial charge in [0.2, 0.25) is 0 Å². The summed E-state index contributed by atoms with van der Waals surface area (Å²) in [5, 5.41) is 5.52. The van der Waals surface area contributed by atoms with E-state index in [0.717, 1.165) is 16.7 Å². The normalized spacial score (nSPS) is 12.6. The van der Waals surface area contributed by atoms with Crippen molar-refractivity contribution in [3.8, 4) is 0 Å². The lowest BCUT2D eigenvalue weighted by Crippen LogP contribution is -2.17. The van der Waals surface area contributed by atoms with E-state index in [9.17, 15) is 0 Å². The first-order chi connectivity index (χ1) is 7.75. The van der Waals surface area contributed by atoms with Crippen LogP contribution in [-0.2, 0) is 6.54 Å². The summed E-state index contributed by atoms with van der Waals surface area (Å²) in [6, 6.07) is 4.40. The molecule has 16 heavy (non-hydrogen) atoms. The minimum Gasteiger partial charge on any atom is -0.304 e. The van der Waals surface area contributed by atoms with Crippen LogP contribution in [-0.4, -0.2) is 9.97 Å². The van der Waals surface area contributed by atoms with Gasteiger partial charge in [0.1, 0.15) is 6.33 Å². The highest BCUT2D eigenvalue weighted by Gasteiger charge is 2.07. The molecule has 3 nitrogen and oxygen atoms in total. The van der Waals surface area contributed by atoms with Crippen molar-refractivity contribution < 1.29 is 0 Å². The van der Waals surface area contributed by atoms with Gasteiger partial charge in [-0.2, -0.15) is 0 Å². The summed E-state index contributed by atoms with van der Waals surface area (Å²) >= 11 is 5.21. The summed E-state index contributed by atoms with van der Waals surface area (Å²) < 4.78 is 1.14. The van der Waals surface area contributed by atoms with Crippen LogP contribution in [0.3, 0.4) is 0 Å². The standard InChI is InChI=1S/C11H12BrN3S/c1-8(11-4-9(12)6-16-11)14-5-10-2-3-13-7-15-10/h2-4,6-8,14H,5H2,1H3. The second kappa shape index (κ2) is 5.52. The van der Waals surface area contributed by atoms with Gasteiger partial charge in [0.25, 0.3) is 0 Å². The first-order valence-corrected chi connectivity index (χ1v) is 6.65. The molecule has 2 aromatic rings. The van der Waals surface area contributed by atoms with Gasteiger partial charge in [-0.15, -0.1) is 11.3 Å². The van der Waals surface area contributed by atoms with Crippen molar-refractivity contribution in [1.29, 1.82) is 0 Å². The zero-order valence-electron chi connectivity index (χ0n) is 8.85. The highest BCUT2D eigenvalue weighted by atomic mass is 79.9. The molecule has 0 saturated heterocycles. The number of hydrogen-bond acceptors (Lipinski definition) is 4. The van der Waals surface area contributed by atoms with E-state index in [1.807, 2.05) is 6.07 Å². The van der Waals surface area contributed by atoms with Crippen molar-refractivity contribution in [1.82, 2.24) is 15.3 Å². The summed E-state index contributed by atoms with van der Waals surface area (Å²) in [6.07, 6.45) is 3.33. The molecule has 5 heteroatoms. The fraction of sp³-hybridized carbons (Fsp3) is 0.273. The van der Waals surface area contributed by atoms with Crippen LogP contribution in [0.4, 0.5) is 0 Å². The summed E-state index contributed by atoms with van der Waals surface area (Å²) in [5.74, 6) is 0. The molecule has 0 aliphatic heterocycles. The molecule has 0 aromatic carbocycles. The molecule has 0 fully saturated rings. The minimum absolute atomic E-state index is 0.339. The molecule has 1 N–H and O–H groups in total. The quantitative estimate of drug-likeness (QED) is 0.942. The molecule has 1 atom stereocenters. The summed E-state index contributed by atoms with van der Waals surface area (Å²) in [4.78, 5) is 9.38. The Bertz CT molecular complexity index is 444. The molecule has 2 aromatic heterocycles. The lowest BCUT2D eigenvalue weighted by molar-refractivity contribution is 0.574. The van der Waals surface area contributed by atoms with Gasteiger partial charge in [0.15, 0.2) is 0 Å². The van der Waals surface area contributed by atoms with E-state index in [4.69, 9.17) is 0 Å². The first kappa shape index (κ1) is 11.7. The summed E-state index contributed by atoms with van der Waals surface area (Å²) in [5.41, 5.74) is 1.01. The summed E-state index contributed by atoms with van der Waals surface area (Å²) in [7, 11) is 0. The topological polar surface area (TPSA) is 37.8 Å². The van der Waals surface area contributed by atoms with Crippen molar-refractivity contribution in [2.24, 2.45) is 0 Å². The van der Waals surface area contributed by atoms with Crippen LogP contribution in [0.1, 0.15) is 23.5 Å². The highest BCUT2D eigenvalue weighted by Crippen LogP contribution is 2.25.